The van der Waals surface area contributed by atoms with Gasteiger partial charge in [-0.15, -0.1) is 11.8 Å². The third-order valence-electron chi connectivity index (χ3n) is 5.18. The minimum absolute atomic E-state index is 0.0267. The zero-order chi connectivity index (χ0) is 29.1. The number of aromatic nitrogens is 1. The van der Waals surface area contributed by atoms with E-state index in [0.717, 1.165) is 10.5 Å². The highest BCUT2D eigenvalue weighted by Crippen LogP contribution is 2.30. The molecule has 1 heterocycles. The smallest absolute Gasteiger partial charge is 0.373 e. The molecule has 0 saturated heterocycles. The van der Waals surface area contributed by atoms with Gasteiger partial charge in [-0.2, -0.15) is 9.59 Å². The molecular weight excluding hydrogens is 554 g/mol. The maximum atomic E-state index is 13.1. The van der Waals surface area contributed by atoms with Crippen LogP contribution in [0, 0.1) is 0 Å². The lowest BCUT2D eigenvalue weighted by molar-refractivity contribution is -0.191. The first-order valence-corrected chi connectivity index (χ1v) is 12.5. The summed E-state index contributed by atoms with van der Waals surface area (Å²) in [5.41, 5.74) is -1.60. The average Bonchev–Trinajstić information content (AvgIpc) is 2.90. The van der Waals surface area contributed by atoms with Crippen molar-refractivity contribution in [1.29, 1.82) is 0 Å². The molecule has 39 heavy (non-hydrogen) atoms. The summed E-state index contributed by atoms with van der Waals surface area (Å²) < 4.78 is 0.710. The Morgan fingerprint density at radius 2 is 1.51 bits per heavy atom. The Morgan fingerprint density at radius 3 is 2.10 bits per heavy atom. The maximum absolute atomic E-state index is 13.1. The van der Waals surface area contributed by atoms with Gasteiger partial charge >= 0.3 is 12.1 Å². The molecule has 0 atom stereocenters. The molecule has 2 amide bonds. The van der Waals surface area contributed by atoms with Crippen LogP contribution >= 0.6 is 23.4 Å². The predicted molar refractivity (Wildman–Crippen MR) is 139 cm³/mol. The van der Waals surface area contributed by atoms with Crippen molar-refractivity contribution in [3.63, 3.8) is 0 Å². The summed E-state index contributed by atoms with van der Waals surface area (Å²) in [7, 11) is 0. The van der Waals surface area contributed by atoms with E-state index in [1.54, 1.807) is 36.4 Å². The van der Waals surface area contributed by atoms with Crippen molar-refractivity contribution in [3.05, 3.63) is 86.2 Å². The number of nitrogens with zero attached hydrogens (tertiary/aromatic N) is 1. The van der Waals surface area contributed by atoms with Gasteiger partial charge < -0.3 is 26.0 Å². The van der Waals surface area contributed by atoms with Gasteiger partial charge in [-0.25, -0.2) is 0 Å². The molecule has 0 radical (unpaired) electrons. The normalized spacial score (nSPS) is 10.0. The lowest BCUT2D eigenvalue weighted by Crippen LogP contribution is -2.37. The molecule has 0 fully saturated rings. The minimum Gasteiger partial charge on any atom is -0.506 e. The second-order valence-corrected chi connectivity index (χ2v) is 8.81. The van der Waals surface area contributed by atoms with Crippen LogP contribution in [0.25, 0.3) is 0 Å². The van der Waals surface area contributed by atoms with E-state index in [1.807, 2.05) is 23.7 Å². The molecule has 1 aromatic heterocycles. The number of thioether (sulfide) groups is 1. The van der Waals surface area contributed by atoms with Gasteiger partial charge in [0.05, 0.1) is 6.54 Å². The van der Waals surface area contributed by atoms with Crippen molar-refractivity contribution in [3.8, 4) is 11.6 Å². The maximum Gasteiger partial charge on any atom is 0.373 e. The first-order valence-electron chi connectivity index (χ1n) is 10.9. The van der Waals surface area contributed by atoms with Crippen molar-refractivity contribution in [2.45, 2.75) is 18.0 Å². The highest BCUT2D eigenvalue weighted by Gasteiger charge is 2.30. The second kappa shape index (κ2) is 14.4. The van der Waals surface area contributed by atoms with Crippen molar-refractivity contribution in [2.75, 3.05) is 12.8 Å². The molecule has 3 rings (SSSR count). The zero-order valence-electron chi connectivity index (χ0n) is 20.3. The van der Waals surface area contributed by atoms with E-state index in [1.165, 1.54) is 11.8 Å². The van der Waals surface area contributed by atoms with Gasteiger partial charge in [0, 0.05) is 16.5 Å². The number of hydrogen-bond acceptors (Lipinski definition) is 9. The van der Waals surface area contributed by atoms with Crippen molar-refractivity contribution < 1.29 is 39.3 Å². The number of halogens is 1. The third kappa shape index (κ3) is 7.71. The van der Waals surface area contributed by atoms with Crippen LogP contribution in [0.2, 0.25) is 5.02 Å². The van der Waals surface area contributed by atoms with Gasteiger partial charge in [0.25, 0.3) is 17.4 Å². The summed E-state index contributed by atoms with van der Waals surface area (Å²) >= 11 is 7.63. The molecule has 0 spiro atoms. The van der Waals surface area contributed by atoms with Crippen LogP contribution < -0.4 is 16.2 Å². The van der Waals surface area contributed by atoms with E-state index in [9.17, 15) is 29.4 Å². The SMILES string of the molecule is CSc1ccccc1CNC(=O)c1c(O)c(C(=O)NCC(=O)O)c(=O)n(Cc2ccccc2Cl)c1O.O=C=O. The minimum atomic E-state index is -1.39. The van der Waals surface area contributed by atoms with Gasteiger partial charge in [0.2, 0.25) is 5.88 Å². The third-order valence-corrected chi connectivity index (χ3v) is 6.39. The number of aromatic hydroxyl groups is 2. The van der Waals surface area contributed by atoms with E-state index in [4.69, 9.17) is 26.3 Å². The van der Waals surface area contributed by atoms with E-state index < -0.39 is 52.6 Å². The van der Waals surface area contributed by atoms with Crippen LogP contribution in [0.3, 0.4) is 0 Å². The lowest BCUT2D eigenvalue weighted by atomic mass is 10.1. The molecular formula is C25H22ClN3O9S. The molecule has 12 nitrogen and oxygen atoms in total. The van der Waals surface area contributed by atoms with E-state index in [0.29, 0.717) is 10.1 Å². The summed E-state index contributed by atoms with van der Waals surface area (Å²) in [5, 5.41) is 35.3. The number of carboxylic acid groups (broad SMARTS) is 1. The number of pyridine rings is 1. The second-order valence-electron chi connectivity index (χ2n) is 7.56. The van der Waals surface area contributed by atoms with Gasteiger partial charge in [0.1, 0.15) is 17.7 Å². The molecule has 0 aliphatic heterocycles. The van der Waals surface area contributed by atoms with Crippen LogP contribution in [0.1, 0.15) is 31.8 Å². The van der Waals surface area contributed by atoms with E-state index in [2.05, 4.69) is 5.32 Å². The fourth-order valence-corrected chi connectivity index (χ4v) is 4.23. The fraction of sp³-hybridized carbons (Fsp3) is 0.160. The summed E-state index contributed by atoms with van der Waals surface area (Å²) in [6, 6.07) is 13.7. The Balaban J connectivity index is 0.00000170. The van der Waals surface area contributed by atoms with Gasteiger partial charge in [-0.3, -0.25) is 23.7 Å². The van der Waals surface area contributed by atoms with Crippen LogP contribution in [0.5, 0.6) is 11.6 Å². The van der Waals surface area contributed by atoms with Crippen LogP contribution in [-0.4, -0.2) is 56.6 Å². The standard InChI is InChI=1S/C24H22ClN3O7S.CO2/c1-36-16-9-5-3-6-13(16)10-26-21(32)18-20(31)19(22(33)27-11-17(29)30)24(35)28(23(18)34)12-14-7-2-4-8-15(14)25;2-1-3/h2-9,31,34H,10-12H2,1H3,(H,26,32)(H,27,33)(H,29,30);. The quantitative estimate of drug-likeness (QED) is 0.235. The van der Waals surface area contributed by atoms with Crippen LogP contribution in [0.15, 0.2) is 58.2 Å². The molecule has 3 aromatic rings. The molecule has 14 heteroatoms. The summed E-state index contributed by atoms with van der Waals surface area (Å²) in [6.45, 7) is -1.14. The molecule has 5 N–H and O–H groups in total. The van der Waals surface area contributed by atoms with E-state index in [-0.39, 0.29) is 24.3 Å². The van der Waals surface area contributed by atoms with Gasteiger partial charge in [-0.1, -0.05) is 48.0 Å². The van der Waals surface area contributed by atoms with E-state index >= 15 is 0 Å². The van der Waals surface area contributed by atoms with Crippen molar-refractivity contribution in [2.24, 2.45) is 0 Å². The number of rotatable bonds is 9. The molecule has 0 aliphatic carbocycles. The van der Waals surface area contributed by atoms with Crippen LogP contribution in [-0.2, 0) is 27.5 Å². The molecule has 2 aromatic carbocycles. The Hall–Kier alpha value is -4.58. The topological polar surface area (TPSA) is 192 Å². The van der Waals surface area contributed by atoms with Crippen molar-refractivity contribution >= 4 is 47.3 Å². The van der Waals surface area contributed by atoms with Crippen LogP contribution in [0.4, 0.5) is 0 Å². The number of carboxylic acids is 1. The highest BCUT2D eigenvalue weighted by molar-refractivity contribution is 7.98. The first-order chi connectivity index (χ1) is 18.6. The predicted octanol–water partition coefficient (Wildman–Crippen LogP) is 1.84. The largest absolute Gasteiger partial charge is 0.506 e. The Bertz CT molecular complexity index is 1480. The van der Waals surface area contributed by atoms with Gasteiger partial charge in [0.15, 0.2) is 5.75 Å². The number of carbonyl (C=O) groups is 3. The monoisotopic (exact) mass is 575 g/mol. The van der Waals surface area contributed by atoms with Crippen molar-refractivity contribution in [1.82, 2.24) is 15.2 Å². The molecule has 0 bridgehead atoms. The Kier molecular flexibility index (Phi) is 11.3. The Labute approximate surface area is 230 Å². The molecule has 0 saturated carbocycles. The fourth-order valence-electron chi connectivity index (χ4n) is 3.41. The lowest BCUT2D eigenvalue weighted by Gasteiger charge is -2.17. The summed E-state index contributed by atoms with van der Waals surface area (Å²) in [6.07, 6.45) is 2.12. The highest BCUT2D eigenvalue weighted by atomic mass is 35.5. The number of carbonyl (C=O) groups excluding carboxylic acids is 4. The summed E-state index contributed by atoms with van der Waals surface area (Å²) in [4.78, 5) is 66.8. The first kappa shape index (κ1) is 30.6. The average molecular weight is 576 g/mol. The zero-order valence-corrected chi connectivity index (χ0v) is 21.8. The summed E-state index contributed by atoms with van der Waals surface area (Å²) in [5.74, 6) is -5.53. The number of hydrogen-bond donors (Lipinski definition) is 5. The Morgan fingerprint density at radius 1 is 0.949 bits per heavy atom. The number of aliphatic carboxylic acids is 1. The number of benzene rings is 2. The van der Waals surface area contributed by atoms with Gasteiger partial charge in [-0.05, 0) is 29.5 Å². The molecule has 0 unspecified atom stereocenters. The number of nitrogens with one attached hydrogen (secondary N) is 2. The molecule has 0 aliphatic rings. The molecule has 204 valence electrons. The number of amides is 2.